The zero-order valence-electron chi connectivity index (χ0n) is 10.9. The number of ether oxygens (including phenoxy) is 1. The van der Waals surface area contributed by atoms with Crippen molar-refractivity contribution in [2.24, 2.45) is 5.92 Å². The van der Waals surface area contributed by atoms with Gasteiger partial charge in [-0.2, -0.15) is 0 Å². The maximum Gasteiger partial charge on any atom is 0.374 e. The highest BCUT2D eigenvalue weighted by Crippen LogP contribution is 2.32. The van der Waals surface area contributed by atoms with Crippen molar-refractivity contribution in [3.8, 4) is 0 Å². The van der Waals surface area contributed by atoms with Gasteiger partial charge in [0, 0.05) is 30.5 Å². The van der Waals surface area contributed by atoms with Crippen LogP contribution in [0.3, 0.4) is 0 Å². The molecular weight excluding hydrogens is 246 g/mol. The maximum absolute atomic E-state index is 11.8. The molecule has 0 N–H and O–H groups in total. The van der Waals surface area contributed by atoms with Gasteiger partial charge in [-0.15, -0.1) is 0 Å². The highest BCUT2D eigenvalue weighted by molar-refractivity contribution is 5.87. The van der Waals surface area contributed by atoms with Gasteiger partial charge in [0.25, 0.3) is 0 Å². The molecule has 1 aliphatic heterocycles. The molecule has 2 heterocycles. The number of likely N-dealkylation sites (tertiary alicyclic amines) is 1. The average molecular weight is 263 g/mol. The molecule has 0 aromatic carbocycles. The number of hydrogen-bond donors (Lipinski definition) is 0. The van der Waals surface area contributed by atoms with Gasteiger partial charge in [0.15, 0.2) is 0 Å². The summed E-state index contributed by atoms with van der Waals surface area (Å²) in [7, 11) is 0. The van der Waals surface area contributed by atoms with Crippen LogP contribution in [0.1, 0.15) is 35.4 Å². The molecule has 3 rings (SSSR count). The summed E-state index contributed by atoms with van der Waals surface area (Å²) in [6.45, 7) is 2.80. The molecule has 0 unspecified atom stereocenters. The topological polar surface area (TPSA) is 59.8 Å². The minimum Gasteiger partial charge on any atom is -0.459 e. The number of aryl methyl sites for hydroxylation is 1. The number of amides is 1. The molecule has 2 aliphatic rings. The van der Waals surface area contributed by atoms with E-state index >= 15 is 0 Å². The van der Waals surface area contributed by atoms with Crippen LogP contribution in [-0.2, 0) is 9.53 Å². The Balaban J connectivity index is 1.52. The maximum atomic E-state index is 11.8. The van der Waals surface area contributed by atoms with Crippen LogP contribution in [0.5, 0.6) is 0 Å². The predicted octanol–water partition coefficient (Wildman–Crippen LogP) is 1.76. The number of hydrogen-bond acceptors (Lipinski definition) is 4. The summed E-state index contributed by atoms with van der Waals surface area (Å²) in [5, 5.41) is 0. The fraction of sp³-hybridized carbons (Fsp3) is 0.571. The number of carbonyl (C=O) groups excluding carboxylic acids is 2. The molecule has 1 amide bonds. The SMILES string of the molecule is Cc1ccoc1C(=O)OC[C@H]1CC(=O)N(C2CC2)C1. The van der Waals surface area contributed by atoms with E-state index in [1.165, 1.54) is 6.26 Å². The highest BCUT2D eigenvalue weighted by Gasteiger charge is 2.39. The molecule has 0 bridgehead atoms. The lowest BCUT2D eigenvalue weighted by molar-refractivity contribution is -0.128. The molecular formula is C14H17NO4. The van der Waals surface area contributed by atoms with E-state index in [2.05, 4.69) is 0 Å². The largest absolute Gasteiger partial charge is 0.459 e. The van der Waals surface area contributed by atoms with Crippen molar-refractivity contribution in [2.45, 2.75) is 32.2 Å². The van der Waals surface area contributed by atoms with Crippen molar-refractivity contribution >= 4 is 11.9 Å². The lowest BCUT2D eigenvalue weighted by atomic mass is 10.1. The van der Waals surface area contributed by atoms with Crippen LogP contribution in [0.15, 0.2) is 16.7 Å². The first kappa shape index (κ1) is 12.3. The average Bonchev–Trinajstić information content (AvgIpc) is 3.03. The molecule has 5 nitrogen and oxygen atoms in total. The van der Waals surface area contributed by atoms with Gasteiger partial charge in [0.05, 0.1) is 12.9 Å². The summed E-state index contributed by atoms with van der Waals surface area (Å²) >= 11 is 0. The summed E-state index contributed by atoms with van der Waals surface area (Å²) in [6, 6.07) is 2.17. The van der Waals surface area contributed by atoms with E-state index in [9.17, 15) is 9.59 Å². The second-order valence-electron chi connectivity index (χ2n) is 5.38. The number of rotatable bonds is 4. The Kier molecular flexibility index (Phi) is 3.05. The van der Waals surface area contributed by atoms with Crippen LogP contribution in [0.2, 0.25) is 0 Å². The molecule has 102 valence electrons. The Morgan fingerprint density at radius 1 is 1.53 bits per heavy atom. The summed E-state index contributed by atoms with van der Waals surface area (Å²) in [5.74, 6) is 0.119. The van der Waals surface area contributed by atoms with Gasteiger partial charge in [0.1, 0.15) is 0 Å². The molecule has 0 radical (unpaired) electrons. The van der Waals surface area contributed by atoms with Crippen LogP contribution in [0.4, 0.5) is 0 Å². The Labute approximate surface area is 111 Å². The minimum absolute atomic E-state index is 0.118. The summed E-state index contributed by atoms with van der Waals surface area (Å²) in [6.07, 6.45) is 4.19. The first-order valence-corrected chi connectivity index (χ1v) is 6.66. The first-order valence-electron chi connectivity index (χ1n) is 6.66. The van der Waals surface area contributed by atoms with E-state index in [1.54, 1.807) is 13.0 Å². The molecule has 1 saturated heterocycles. The number of carbonyl (C=O) groups is 2. The van der Waals surface area contributed by atoms with Gasteiger partial charge in [-0.25, -0.2) is 4.79 Å². The molecule has 1 saturated carbocycles. The van der Waals surface area contributed by atoms with Gasteiger partial charge in [0.2, 0.25) is 11.7 Å². The number of furan rings is 1. The van der Waals surface area contributed by atoms with Gasteiger partial charge in [-0.3, -0.25) is 4.79 Å². The summed E-state index contributed by atoms with van der Waals surface area (Å²) in [4.78, 5) is 25.5. The number of nitrogens with zero attached hydrogens (tertiary/aromatic N) is 1. The monoisotopic (exact) mass is 263 g/mol. The second-order valence-corrected chi connectivity index (χ2v) is 5.38. The van der Waals surface area contributed by atoms with E-state index in [0.717, 1.165) is 18.4 Å². The zero-order valence-corrected chi connectivity index (χ0v) is 10.9. The Morgan fingerprint density at radius 3 is 2.95 bits per heavy atom. The van der Waals surface area contributed by atoms with Gasteiger partial charge >= 0.3 is 5.97 Å². The predicted molar refractivity (Wildman–Crippen MR) is 66.6 cm³/mol. The molecule has 2 fully saturated rings. The van der Waals surface area contributed by atoms with E-state index < -0.39 is 5.97 Å². The third-order valence-electron chi connectivity index (χ3n) is 3.72. The molecule has 1 aromatic heterocycles. The third kappa shape index (κ3) is 2.50. The Morgan fingerprint density at radius 2 is 2.32 bits per heavy atom. The van der Waals surface area contributed by atoms with Crippen LogP contribution in [0.25, 0.3) is 0 Å². The van der Waals surface area contributed by atoms with E-state index in [-0.39, 0.29) is 24.2 Å². The highest BCUT2D eigenvalue weighted by atomic mass is 16.5. The van der Waals surface area contributed by atoms with Gasteiger partial charge in [-0.1, -0.05) is 0 Å². The molecule has 1 aliphatic carbocycles. The van der Waals surface area contributed by atoms with E-state index in [0.29, 0.717) is 19.0 Å². The minimum atomic E-state index is -0.445. The first-order chi connectivity index (χ1) is 9.15. The van der Waals surface area contributed by atoms with Crippen LogP contribution in [0, 0.1) is 12.8 Å². The lowest BCUT2D eigenvalue weighted by Gasteiger charge is -2.15. The summed E-state index contributed by atoms with van der Waals surface area (Å²) < 4.78 is 10.3. The van der Waals surface area contributed by atoms with Crippen molar-refractivity contribution in [1.82, 2.24) is 4.90 Å². The van der Waals surface area contributed by atoms with Crippen molar-refractivity contribution < 1.29 is 18.7 Å². The van der Waals surface area contributed by atoms with Gasteiger partial charge in [-0.05, 0) is 25.8 Å². The van der Waals surface area contributed by atoms with Crippen molar-refractivity contribution in [2.75, 3.05) is 13.2 Å². The Bertz CT molecular complexity index is 503. The number of esters is 1. The van der Waals surface area contributed by atoms with Crippen LogP contribution in [-0.4, -0.2) is 36.0 Å². The fourth-order valence-electron chi connectivity index (χ4n) is 2.50. The van der Waals surface area contributed by atoms with Crippen molar-refractivity contribution in [3.05, 3.63) is 23.7 Å². The van der Waals surface area contributed by atoms with Crippen molar-refractivity contribution in [1.29, 1.82) is 0 Å². The van der Waals surface area contributed by atoms with Crippen molar-refractivity contribution in [3.63, 3.8) is 0 Å². The second kappa shape index (κ2) is 4.72. The zero-order chi connectivity index (χ0) is 13.4. The molecule has 5 heteroatoms. The lowest BCUT2D eigenvalue weighted by Crippen LogP contribution is -2.27. The smallest absolute Gasteiger partial charge is 0.374 e. The normalized spacial score (nSPS) is 22.9. The van der Waals surface area contributed by atoms with Crippen LogP contribution < -0.4 is 0 Å². The third-order valence-corrected chi connectivity index (χ3v) is 3.72. The molecule has 19 heavy (non-hydrogen) atoms. The van der Waals surface area contributed by atoms with E-state index in [1.807, 2.05) is 4.90 Å². The molecule has 1 aromatic rings. The summed E-state index contributed by atoms with van der Waals surface area (Å²) in [5.41, 5.74) is 0.770. The van der Waals surface area contributed by atoms with Crippen LogP contribution >= 0.6 is 0 Å². The van der Waals surface area contributed by atoms with Gasteiger partial charge < -0.3 is 14.1 Å². The molecule has 1 atom stereocenters. The molecule has 0 spiro atoms. The fourth-order valence-corrected chi connectivity index (χ4v) is 2.50. The Hall–Kier alpha value is -1.78. The standard InChI is InChI=1S/C14H17NO4/c1-9-4-5-18-13(9)14(17)19-8-10-6-12(16)15(7-10)11-2-3-11/h4-5,10-11H,2-3,6-8H2,1H3/t10-/m0/s1. The quantitative estimate of drug-likeness (QED) is 0.777. The van der Waals surface area contributed by atoms with E-state index in [4.69, 9.17) is 9.15 Å².